The van der Waals surface area contributed by atoms with Crippen LogP contribution in [0.1, 0.15) is 16.7 Å². The molecule has 1 heterocycles. The number of ether oxygens (including phenoxy) is 5. The molecule has 0 bridgehead atoms. The first-order valence-electron chi connectivity index (χ1n) is 15.6. The quantitative estimate of drug-likeness (QED) is 0.0862. The van der Waals surface area contributed by atoms with Gasteiger partial charge in [0, 0.05) is 4.90 Å². The summed E-state index contributed by atoms with van der Waals surface area (Å²) in [6.07, 6.45) is 3.21. The van der Waals surface area contributed by atoms with Crippen molar-refractivity contribution >= 4 is 11.8 Å². The molecule has 1 saturated heterocycles. The van der Waals surface area contributed by atoms with Crippen LogP contribution in [0.15, 0.2) is 164 Å². The summed E-state index contributed by atoms with van der Waals surface area (Å²) in [6, 6.07) is 41.1. The molecule has 46 heavy (non-hydrogen) atoms. The molecule has 5 atom stereocenters. The van der Waals surface area contributed by atoms with Gasteiger partial charge in [0.15, 0.2) is 0 Å². The van der Waals surface area contributed by atoms with E-state index in [-0.39, 0.29) is 6.61 Å². The number of hydrogen-bond donors (Lipinski definition) is 0. The van der Waals surface area contributed by atoms with Crippen LogP contribution in [0.5, 0.6) is 0 Å². The van der Waals surface area contributed by atoms with Crippen molar-refractivity contribution in [3.05, 3.63) is 176 Å². The molecular formula is C40H42O5S. The molecule has 0 spiro atoms. The van der Waals surface area contributed by atoms with Crippen molar-refractivity contribution in [2.75, 3.05) is 26.4 Å². The SMILES string of the molecule is C=CCO[C@@H]1[C@H](OCC=C)[C@@H](Sc2ccccc2)O[C@H](COC(c2ccccc2)(c2ccccc2)c2ccccc2)[C@H]1OCC=C. The first kappa shape index (κ1) is 33.6. The topological polar surface area (TPSA) is 46.2 Å². The lowest BCUT2D eigenvalue weighted by molar-refractivity contribution is -0.245. The summed E-state index contributed by atoms with van der Waals surface area (Å²) in [6.45, 7) is 12.8. The van der Waals surface area contributed by atoms with Gasteiger partial charge in [-0.15, -0.1) is 19.7 Å². The van der Waals surface area contributed by atoms with Crippen molar-refractivity contribution in [2.24, 2.45) is 0 Å². The van der Waals surface area contributed by atoms with Gasteiger partial charge in [0.25, 0.3) is 0 Å². The predicted octanol–water partition coefficient (Wildman–Crippen LogP) is 8.23. The Balaban J connectivity index is 1.58. The van der Waals surface area contributed by atoms with Crippen LogP contribution in [0.2, 0.25) is 0 Å². The van der Waals surface area contributed by atoms with Crippen LogP contribution in [0.25, 0.3) is 0 Å². The lowest BCUT2D eigenvalue weighted by atomic mass is 9.80. The fraction of sp³-hybridized carbons (Fsp3) is 0.250. The van der Waals surface area contributed by atoms with Gasteiger partial charge in [0.2, 0.25) is 0 Å². The zero-order valence-electron chi connectivity index (χ0n) is 26.1. The Morgan fingerprint density at radius 3 is 1.43 bits per heavy atom. The summed E-state index contributed by atoms with van der Waals surface area (Å²) in [5.41, 5.74) is 1.68. The van der Waals surface area contributed by atoms with Crippen LogP contribution >= 0.6 is 11.8 Å². The molecule has 0 amide bonds. The van der Waals surface area contributed by atoms with Gasteiger partial charge in [-0.3, -0.25) is 0 Å². The maximum atomic E-state index is 7.23. The standard InChI is InChI=1S/C40H42O5S/c1-4-27-41-36-35(45-39(46-34-25-17-10-18-26-34)38(43-29-6-3)37(36)42-28-5-2)30-44-40(31-19-11-7-12-20-31,32-21-13-8-14-22-32)33-23-15-9-16-24-33/h4-26,35-39H,1-3,27-30H2/t35-,36-,37+,38+,39-/m1/s1. The molecule has 4 aromatic rings. The minimum Gasteiger partial charge on any atom is -0.369 e. The Morgan fingerprint density at radius 2 is 0.978 bits per heavy atom. The second-order valence-corrected chi connectivity index (χ2v) is 12.0. The molecule has 4 aromatic carbocycles. The second kappa shape index (κ2) is 17.2. The highest BCUT2D eigenvalue weighted by Crippen LogP contribution is 2.42. The van der Waals surface area contributed by atoms with E-state index in [4.69, 9.17) is 23.7 Å². The minimum absolute atomic E-state index is 0.203. The van der Waals surface area contributed by atoms with Crippen LogP contribution in [0.4, 0.5) is 0 Å². The van der Waals surface area contributed by atoms with E-state index in [0.29, 0.717) is 19.8 Å². The van der Waals surface area contributed by atoms with E-state index in [0.717, 1.165) is 21.6 Å². The Morgan fingerprint density at radius 1 is 0.565 bits per heavy atom. The van der Waals surface area contributed by atoms with Crippen molar-refractivity contribution in [3.8, 4) is 0 Å². The molecule has 5 rings (SSSR count). The van der Waals surface area contributed by atoms with Gasteiger partial charge in [-0.05, 0) is 28.8 Å². The van der Waals surface area contributed by atoms with E-state index in [1.165, 1.54) is 0 Å². The fourth-order valence-electron chi connectivity index (χ4n) is 5.82. The Kier molecular flexibility index (Phi) is 12.6. The summed E-state index contributed by atoms with van der Waals surface area (Å²) in [5.74, 6) is 0. The van der Waals surface area contributed by atoms with Crippen molar-refractivity contribution in [3.63, 3.8) is 0 Å². The fourth-order valence-corrected chi connectivity index (χ4v) is 6.97. The monoisotopic (exact) mass is 634 g/mol. The van der Waals surface area contributed by atoms with E-state index in [2.05, 4.69) is 68.3 Å². The molecule has 6 heteroatoms. The third kappa shape index (κ3) is 7.96. The number of benzene rings is 4. The average molecular weight is 635 g/mol. The second-order valence-electron chi connectivity index (χ2n) is 10.8. The Bertz CT molecular complexity index is 1380. The Hall–Kier alpha value is -3.75. The van der Waals surface area contributed by atoms with E-state index in [9.17, 15) is 0 Å². The van der Waals surface area contributed by atoms with Crippen molar-refractivity contribution in [1.82, 2.24) is 0 Å². The van der Waals surface area contributed by atoms with Gasteiger partial charge in [-0.2, -0.15) is 0 Å². The van der Waals surface area contributed by atoms with Gasteiger partial charge >= 0.3 is 0 Å². The van der Waals surface area contributed by atoms with Gasteiger partial charge < -0.3 is 23.7 Å². The first-order valence-corrected chi connectivity index (χ1v) is 16.4. The number of thioether (sulfide) groups is 1. The number of hydrogen-bond acceptors (Lipinski definition) is 6. The molecule has 238 valence electrons. The highest BCUT2D eigenvalue weighted by molar-refractivity contribution is 7.99. The predicted molar refractivity (Wildman–Crippen MR) is 186 cm³/mol. The molecule has 0 radical (unpaired) electrons. The van der Waals surface area contributed by atoms with Gasteiger partial charge in [0.1, 0.15) is 35.5 Å². The normalized spacial score (nSPS) is 21.3. The largest absolute Gasteiger partial charge is 0.369 e. The first-order chi connectivity index (χ1) is 22.7. The van der Waals surface area contributed by atoms with E-state index >= 15 is 0 Å². The molecule has 1 aliphatic rings. The maximum absolute atomic E-state index is 7.23. The van der Waals surface area contributed by atoms with Crippen molar-refractivity contribution < 1.29 is 23.7 Å². The summed E-state index contributed by atoms with van der Waals surface area (Å²) < 4.78 is 33.4. The molecule has 0 saturated carbocycles. The lowest BCUT2D eigenvalue weighted by Crippen LogP contribution is -2.61. The summed E-state index contributed by atoms with van der Waals surface area (Å²) in [7, 11) is 0. The highest BCUT2D eigenvalue weighted by Gasteiger charge is 2.50. The highest BCUT2D eigenvalue weighted by atomic mass is 32.2. The van der Waals surface area contributed by atoms with Crippen LogP contribution in [-0.2, 0) is 29.3 Å². The molecule has 1 aliphatic heterocycles. The smallest absolute Gasteiger partial charge is 0.143 e. The van der Waals surface area contributed by atoms with Crippen molar-refractivity contribution in [1.29, 1.82) is 0 Å². The molecule has 0 aromatic heterocycles. The third-order valence-corrected chi connectivity index (χ3v) is 8.97. The van der Waals surface area contributed by atoms with Gasteiger partial charge in [-0.25, -0.2) is 0 Å². The Labute approximate surface area is 277 Å². The average Bonchev–Trinajstić information content (AvgIpc) is 3.12. The molecule has 0 unspecified atom stereocenters. The van der Waals surface area contributed by atoms with E-state index in [1.54, 1.807) is 30.0 Å². The molecule has 1 fully saturated rings. The van der Waals surface area contributed by atoms with Crippen LogP contribution in [0, 0.1) is 0 Å². The van der Waals surface area contributed by atoms with E-state index in [1.807, 2.05) is 72.8 Å². The summed E-state index contributed by atoms with van der Waals surface area (Å²) in [4.78, 5) is 1.06. The summed E-state index contributed by atoms with van der Waals surface area (Å²) in [5, 5.41) is 0. The summed E-state index contributed by atoms with van der Waals surface area (Å²) >= 11 is 1.59. The van der Waals surface area contributed by atoms with Crippen molar-refractivity contribution in [2.45, 2.75) is 40.3 Å². The van der Waals surface area contributed by atoms with Crippen LogP contribution in [0.3, 0.4) is 0 Å². The molecule has 0 aliphatic carbocycles. The lowest BCUT2D eigenvalue weighted by Gasteiger charge is -2.47. The van der Waals surface area contributed by atoms with Gasteiger partial charge in [-0.1, -0.05) is 139 Å². The molecular weight excluding hydrogens is 593 g/mol. The molecule has 5 nitrogen and oxygen atoms in total. The number of rotatable bonds is 17. The zero-order valence-corrected chi connectivity index (χ0v) is 26.9. The maximum Gasteiger partial charge on any atom is 0.143 e. The van der Waals surface area contributed by atoms with Gasteiger partial charge in [0.05, 0.1) is 26.4 Å². The van der Waals surface area contributed by atoms with E-state index < -0.39 is 35.5 Å². The third-order valence-electron chi connectivity index (χ3n) is 7.81. The zero-order chi connectivity index (χ0) is 32.0. The minimum atomic E-state index is -0.925. The molecule has 0 N–H and O–H groups in total. The van der Waals surface area contributed by atoms with Crippen LogP contribution < -0.4 is 0 Å². The van der Waals surface area contributed by atoms with Crippen LogP contribution in [-0.4, -0.2) is 56.3 Å².